The van der Waals surface area contributed by atoms with Crippen molar-refractivity contribution >= 4 is 0 Å². The predicted octanol–water partition coefficient (Wildman–Crippen LogP) is 3.56. The van der Waals surface area contributed by atoms with Gasteiger partial charge in [0.25, 0.3) is 0 Å². The molecule has 114 valence electrons. The summed E-state index contributed by atoms with van der Waals surface area (Å²) in [6.07, 6.45) is 6.70. The zero-order chi connectivity index (χ0) is 14.6. The van der Waals surface area contributed by atoms with E-state index in [4.69, 9.17) is 0 Å². The molecule has 0 saturated heterocycles. The van der Waals surface area contributed by atoms with Gasteiger partial charge in [-0.1, -0.05) is 26.7 Å². The number of aryl methyl sites for hydroxylation is 2. The van der Waals surface area contributed by atoms with Crippen LogP contribution in [0.5, 0.6) is 0 Å². The first-order valence-electron chi connectivity index (χ1n) is 8.29. The maximum absolute atomic E-state index is 4.61. The van der Waals surface area contributed by atoms with E-state index in [2.05, 4.69) is 48.9 Å². The third-order valence-electron chi connectivity index (χ3n) is 4.56. The van der Waals surface area contributed by atoms with Gasteiger partial charge in [0.15, 0.2) is 0 Å². The summed E-state index contributed by atoms with van der Waals surface area (Å²) in [5.41, 5.74) is 3.05. The van der Waals surface area contributed by atoms with Crippen molar-refractivity contribution in [2.24, 2.45) is 11.3 Å². The Morgan fingerprint density at radius 3 is 2.65 bits per heavy atom. The highest BCUT2D eigenvalue weighted by Crippen LogP contribution is 2.40. The Labute approximate surface area is 124 Å². The molecule has 3 nitrogen and oxygen atoms in total. The SMILES string of the molecule is CCn1nc(C)cc1CC1(CNCC(C)C)CCCC1. The van der Waals surface area contributed by atoms with Crippen LogP contribution in [0.25, 0.3) is 0 Å². The highest BCUT2D eigenvalue weighted by molar-refractivity contribution is 5.12. The van der Waals surface area contributed by atoms with Crippen LogP contribution in [-0.2, 0) is 13.0 Å². The van der Waals surface area contributed by atoms with Crippen molar-refractivity contribution < 1.29 is 0 Å². The molecule has 3 heteroatoms. The smallest absolute Gasteiger partial charge is 0.0596 e. The highest BCUT2D eigenvalue weighted by atomic mass is 15.3. The molecule has 0 unspecified atom stereocenters. The van der Waals surface area contributed by atoms with Crippen LogP contribution in [0, 0.1) is 18.3 Å². The molecule has 1 fully saturated rings. The van der Waals surface area contributed by atoms with Gasteiger partial charge in [0.2, 0.25) is 0 Å². The molecule has 0 aromatic carbocycles. The van der Waals surface area contributed by atoms with Crippen molar-refractivity contribution in [1.29, 1.82) is 0 Å². The summed E-state index contributed by atoms with van der Waals surface area (Å²) in [4.78, 5) is 0. The number of nitrogens with zero attached hydrogens (tertiary/aromatic N) is 2. The molecule has 1 aliphatic rings. The second kappa shape index (κ2) is 6.75. The van der Waals surface area contributed by atoms with Crippen LogP contribution in [-0.4, -0.2) is 22.9 Å². The van der Waals surface area contributed by atoms with Crippen LogP contribution < -0.4 is 5.32 Å². The summed E-state index contributed by atoms with van der Waals surface area (Å²) >= 11 is 0. The highest BCUT2D eigenvalue weighted by Gasteiger charge is 2.34. The fourth-order valence-corrected chi connectivity index (χ4v) is 3.57. The number of hydrogen-bond donors (Lipinski definition) is 1. The first kappa shape index (κ1) is 15.6. The van der Waals surface area contributed by atoms with Crippen molar-refractivity contribution in [1.82, 2.24) is 15.1 Å². The zero-order valence-electron chi connectivity index (χ0n) is 13.7. The number of hydrogen-bond acceptors (Lipinski definition) is 2. The van der Waals surface area contributed by atoms with Gasteiger partial charge >= 0.3 is 0 Å². The largest absolute Gasteiger partial charge is 0.316 e. The van der Waals surface area contributed by atoms with E-state index in [9.17, 15) is 0 Å². The first-order chi connectivity index (χ1) is 9.54. The van der Waals surface area contributed by atoms with Crippen LogP contribution in [0.4, 0.5) is 0 Å². The quantitative estimate of drug-likeness (QED) is 0.826. The van der Waals surface area contributed by atoms with Gasteiger partial charge in [-0.3, -0.25) is 4.68 Å². The standard InChI is InChI=1S/C17H31N3/c1-5-20-16(10-15(4)19-20)11-17(8-6-7-9-17)13-18-12-14(2)3/h10,14,18H,5-9,11-13H2,1-4H3. The molecule has 2 rings (SSSR count). The summed E-state index contributed by atoms with van der Waals surface area (Å²) < 4.78 is 2.19. The summed E-state index contributed by atoms with van der Waals surface area (Å²) in [7, 11) is 0. The molecule has 0 bridgehead atoms. The van der Waals surface area contributed by atoms with Gasteiger partial charge in [0.1, 0.15) is 0 Å². The molecular weight excluding hydrogens is 246 g/mol. The summed E-state index contributed by atoms with van der Waals surface area (Å²) in [6.45, 7) is 12.1. The van der Waals surface area contributed by atoms with E-state index in [1.165, 1.54) is 44.3 Å². The van der Waals surface area contributed by atoms with E-state index in [-0.39, 0.29) is 0 Å². The Morgan fingerprint density at radius 2 is 2.05 bits per heavy atom. The van der Waals surface area contributed by atoms with Gasteiger partial charge < -0.3 is 5.32 Å². The molecule has 0 radical (unpaired) electrons. The molecule has 1 saturated carbocycles. The van der Waals surface area contributed by atoms with Crippen LogP contribution >= 0.6 is 0 Å². The van der Waals surface area contributed by atoms with Crippen molar-refractivity contribution in [3.05, 3.63) is 17.5 Å². The number of nitrogens with one attached hydrogen (secondary N) is 1. The minimum Gasteiger partial charge on any atom is -0.316 e. The zero-order valence-corrected chi connectivity index (χ0v) is 13.7. The van der Waals surface area contributed by atoms with E-state index in [0.717, 1.165) is 24.7 Å². The Kier molecular flexibility index (Phi) is 5.25. The summed E-state index contributed by atoms with van der Waals surface area (Å²) in [6, 6.07) is 2.28. The third kappa shape index (κ3) is 3.85. The van der Waals surface area contributed by atoms with Crippen molar-refractivity contribution in [2.75, 3.05) is 13.1 Å². The molecule has 1 aromatic rings. The molecule has 1 aliphatic carbocycles. The third-order valence-corrected chi connectivity index (χ3v) is 4.56. The average molecular weight is 277 g/mol. The Balaban J connectivity index is 2.04. The van der Waals surface area contributed by atoms with Gasteiger partial charge in [0.05, 0.1) is 5.69 Å². The molecule has 1 aromatic heterocycles. The Bertz CT molecular complexity index is 414. The summed E-state index contributed by atoms with van der Waals surface area (Å²) in [5.74, 6) is 0.733. The normalized spacial score (nSPS) is 18.1. The van der Waals surface area contributed by atoms with Gasteiger partial charge in [0, 0.05) is 18.8 Å². The lowest BCUT2D eigenvalue weighted by molar-refractivity contribution is 0.266. The van der Waals surface area contributed by atoms with E-state index >= 15 is 0 Å². The monoisotopic (exact) mass is 277 g/mol. The van der Waals surface area contributed by atoms with Crippen LogP contribution in [0.1, 0.15) is 57.8 Å². The fraction of sp³-hybridized carbons (Fsp3) is 0.824. The summed E-state index contributed by atoms with van der Waals surface area (Å²) in [5, 5.41) is 8.31. The number of rotatable bonds is 7. The van der Waals surface area contributed by atoms with Gasteiger partial charge in [-0.05, 0) is 57.1 Å². The predicted molar refractivity (Wildman–Crippen MR) is 85.0 cm³/mol. The molecule has 20 heavy (non-hydrogen) atoms. The molecule has 1 N–H and O–H groups in total. The molecule has 0 aliphatic heterocycles. The fourth-order valence-electron chi connectivity index (χ4n) is 3.57. The van der Waals surface area contributed by atoms with E-state index in [1.54, 1.807) is 0 Å². The van der Waals surface area contributed by atoms with Gasteiger partial charge in [-0.15, -0.1) is 0 Å². The minimum absolute atomic E-state index is 0.467. The second-order valence-corrected chi connectivity index (χ2v) is 7.00. The molecular formula is C17H31N3. The Hall–Kier alpha value is -0.830. The lowest BCUT2D eigenvalue weighted by atomic mass is 9.81. The van der Waals surface area contributed by atoms with Crippen molar-refractivity contribution in [2.45, 2.75) is 66.3 Å². The minimum atomic E-state index is 0.467. The van der Waals surface area contributed by atoms with Gasteiger partial charge in [-0.25, -0.2) is 0 Å². The molecule has 0 atom stereocenters. The number of aromatic nitrogens is 2. The van der Waals surface area contributed by atoms with E-state index in [1.807, 2.05) is 0 Å². The van der Waals surface area contributed by atoms with Crippen LogP contribution in [0.3, 0.4) is 0 Å². The average Bonchev–Trinajstić information content (AvgIpc) is 2.96. The van der Waals surface area contributed by atoms with Gasteiger partial charge in [-0.2, -0.15) is 5.10 Å². The van der Waals surface area contributed by atoms with Crippen molar-refractivity contribution in [3.8, 4) is 0 Å². The Morgan fingerprint density at radius 1 is 1.35 bits per heavy atom. The van der Waals surface area contributed by atoms with E-state index in [0.29, 0.717) is 5.41 Å². The van der Waals surface area contributed by atoms with Crippen LogP contribution in [0.2, 0.25) is 0 Å². The molecule has 0 spiro atoms. The molecule has 0 amide bonds. The van der Waals surface area contributed by atoms with E-state index < -0.39 is 0 Å². The van der Waals surface area contributed by atoms with Crippen LogP contribution in [0.15, 0.2) is 6.07 Å². The van der Waals surface area contributed by atoms with Crippen molar-refractivity contribution in [3.63, 3.8) is 0 Å². The first-order valence-corrected chi connectivity index (χ1v) is 8.29. The topological polar surface area (TPSA) is 29.9 Å². The molecule has 1 heterocycles. The lowest BCUT2D eigenvalue weighted by Crippen LogP contribution is -2.36. The lowest BCUT2D eigenvalue weighted by Gasteiger charge is -2.30. The maximum Gasteiger partial charge on any atom is 0.0596 e. The maximum atomic E-state index is 4.61. The second-order valence-electron chi connectivity index (χ2n) is 7.00.